The molecule has 2 aromatic rings. The lowest BCUT2D eigenvalue weighted by Crippen LogP contribution is -2.52. The Morgan fingerprint density at radius 1 is 1.00 bits per heavy atom. The van der Waals surface area contributed by atoms with Gasteiger partial charge in [0.2, 0.25) is 11.8 Å². The van der Waals surface area contributed by atoms with E-state index in [4.69, 9.17) is 33.7 Å². The smallest absolute Gasteiger partial charge is 0.228 e. The second-order valence-corrected chi connectivity index (χ2v) is 11.1. The number of hydrogen-bond acceptors (Lipinski definition) is 4. The van der Waals surface area contributed by atoms with Gasteiger partial charge in [0.05, 0.1) is 34.2 Å². The molecule has 8 heteroatoms. The third-order valence-electron chi connectivity index (χ3n) is 8.08. The van der Waals surface area contributed by atoms with Crippen molar-refractivity contribution in [3.05, 3.63) is 69.7 Å². The molecule has 2 atom stereocenters. The van der Waals surface area contributed by atoms with Crippen molar-refractivity contribution in [1.82, 2.24) is 9.80 Å². The van der Waals surface area contributed by atoms with Crippen LogP contribution in [0.3, 0.4) is 0 Å². The molecule has 0 radical (unpaired) electrons. The quantitative estimate of drug-likeness (QED) is 0.569. The second kappa shape index (κ2) is 10.7. The monoisotopic (exact) mass is 529 g/mol. The third-order valence-corrected chi connectivity index (χ3v) is 8.82. The molecule has 192 valence electrons. The summed E-state index contributed by atoms with van der Waals surface area (Å²) in [4.78, 5) is 30.1. The van der Waals surface area contributed by atoms with E-state index in [1.54, 1.807) is 6.07 Å². The number of primary amides is 1. The number of morpholine rings is 1. The van der Waals surface area contributed by atoms with Gasteiger partial charge in [0.15, 0.2) is 0 Å². The lowest BCUT2D eigenvalue weighted by molar-refractivity contribution is -0.149. The highest BCUT2D eigenvalue weighted by Crippen LogP contribution is 2.40. The number of nitrogens with zero attached hydrogens (tertiary/aromatic N) is 2. The number of ether oxygens (including phenoxy) is 1. The molecular weight excluding hydrogens is 497 g/mol. The van der Waals surface area contributed by atoms with Crippen LogP contribution in [0.25, 0.3) is 0 Å². The summed E-state index contributed by atoms with van der Waals surface area (Å²) in [6.07, 6.45) is 3.95. The van der Waals surface area contributed by atoms with Crippen molar-refractivity contribution < 1.29 is 14.3 Å². The standard InChI is InChI=1S/C28H33Cl2N3O3/c29-22-9-8-20(18-23(22)30)25-24(36-17-16-33(25)26(34)19-6-7-19)10-13-32-14-11-28(12-15-32,27(31)35)21-4-2-1-3-5-21/h1-5,8-9,18-19,24-25H,6-7,10-17H2,(H2,31,35)/t24-,25?/m1/s1. The molecular formula is C28H33Cl2N3O3. The van der Waals surface area contributed by atoms with Gasteiger partial charge in [-0.3, -0.25) is 9.59 Å². The molecule has 0 bridgehead atoms. The first kappa shape index (κ1) is 25.5. The van der Waals surface area contributed by atoms with Crippen molar-refractivity contribution >= 4 is 35.0 Å². The van der Waals surface area contributed by atoms with Crippen LogP contribution in [0, 0.1) is 5.92 Å². The zero-order chi connectivity index (χ0) is 25.3. The van der Waals surface area contributed by atoms with E-state index in [-0.39, 0.29) is 29.9 Å². The molecule has 3 fully saturated rings. The maximum absolute atomic E-state index is 13.2. The van der Waals surface area contributed by atoms with Crippen LogP contribution < -0.4 is 5.73 Å². The van der Waals surface area contributed by atoms with Crippen molar-refractivity contribution in [3.8, 4) is 0 Å². The number of carbonyl (C=O) groups is 2. The summed E-state index contributed by atoms with van der Waals surface area (Å²) in [6, 6.07) is 15.3. The molecule has 0 spiro atoms. The molecule has 2 aromatic carbocycles. The third kappa shape index (κ3) is 5.14. The van der Waals surface area contributed by atoms with E-state index < -0.39 is 5.41 Å². The lowest BCUT2D eigenvalue weighted by atomic mass is 9.72. The van der Waals surface area contributed by atoms with E-state index in [0.717, 1.165) is 50.0 Å². The van der Waals surface area contributed by atoms with Crippen LogP contribution in [0.4, 0.5) is 0 Å². The van der Waals surface area contributed by atoms with Gasteiger partial charge >= 0.3 is 0 Å². The molecule has 2 aliphatic heterocycles. The average Bonchev–Trinajstić information content (AvgIpc) is 3.75. The molecule has 3 aliphatic rings. The molecule has 2 N–H and O–H groups in total. The van der Waals surface area contributed by atoms with E-state index in [9.17, 15) is 9.59 Å². The van der Waals surface area contributed by atoms with Gasteiger partial charge in [0.25, 0.3) is 0 Å². The van der Waals surface area contributed by atoms with E-state index >= 15 is 0 Å². The first-order chi connectivity index (χ1) is 17.4. The molecule has 0 aromatic heterocycles. The summed E-state index contributed by atoms with van der Waals surface area (Å²) in [5.74, 6) is 0.0975. The van der Waals surface area contributed by atoms with Gasteiger partial charge in [0, 0.05) is 19.0 Å². The van der Waals surface area contributed by atoms with E-state index in [2.05, 4.69) is 4.90 Å². The maximum Gasteiger partial charge on any atom is 0.228 e. The fourth-order valence-corrected chi connectivity index (χ4v) is 6.09. The highest BCUT2D eigenvalue weighted by molar-refractivity contribution is 6.42. The number of rotatable bonds is 7. The average molecular weight is 530 g/mol. The SMILES string of the molecule is NC(=O)C1(c2ccccc2)CCN(CC[C@H]2OCCN(C(=O)C3CC3)C2c2ccc(Cl)c(Cl)c2)CC1. The van der Waals surface area contributed by atoms with Gasteiger partial charge in [-0.15, -0.1) is 0 Å². The minimum Gasteiger partial charge on any atom is -0.374 e. The molecule has 2 amide bonds. The first-order valence-electron chi connectivity index (χ1n) is 12.8. The van der Waals surface area contributed by atoms with Crippen LogP contribution in [0.15, 0.2) is 48.5 Å². The van der Waals surface area contributed by atoms with Gasteiger partial charge in [0.1, 0.15) is 0 Å². The molecule has 1 aliphatic carbocycles. The topological polar surface area (TPSA) is 75.9 Å². The summed E-state index contributed by atoms with van der Waals surface area (Å²) in [5, 5.41) is 0.982. The molecule has 1 unspecified atom stereocenters. The van der Waals surface area contributed by atoms with Crippen LogP contribution in [0.1, 0.15) is 49.3 Å². The van der Waals surface area contributed by atoms with E-state index in [1.165, 1.54) is 0 Å². The predicted octanol–water partition coefficient (Wildman–Crippen LogP) is 4.58. The Labute approximate surface area is 222 Å². The Morgan fingerprint density at radius 2 is 1.72 bits per heavy atom. The minimum absolute atomic E-state index is 0.135. The fourth-order valence-electron chi connectivity index (χ4n) is 5.78. The number of amides is 2. The van der Waals surface area contributed by atoms with Crippen molar-refractivity contribution in [1.29, 1.82) is 0 Å². The summed E-state index contributed by atoms with van der Waals surface area (Å²) in [7, 11) is 0. The Kier molecular flexibility index (Phi) is 7.59. The fraction of sp³-hybridized carbons (Fsp3) is 0.500. The van der Waals surface area contributed by atoms with E-state index in [1.807, 2.05) is 47.4 Å². The van der Waals surface area contributed by atoms with E-state index in [0.29, 0.717) is 36.0 Å². The Hall–Kier alpha value is -2.12. The van der Waals surface area contributed by atoms with Crippen molar-refractivity contribution in [2.75, 3.05) is 32.8 Å². The largest absolute Gasteiger partial charge is 0.374 e. The van der Waals surface area contributed by atoms with Gasteiger partial charge in [-0.05, 0) is 68.5 Å². The number of nitrogens with two attached hydrogens (primary N) is 1. The first-order valence-corrected chi connectivity index (χ1v) is 13.6. The molecule has 36 heavy (non-hydrogen) atoms. The predicted molar refractivity (Wildman–Crippen MR) is 141 cm³/mol. The summed E-state index contributed by atoms with van der Waals surface area (Å²) < 4.78 is 6.26. The van der Waals surface area contributed by atoms with Crippen molar-refractivity contribution in [3.63, 3.8) is 0 Å². The Morgan fingerprint density at radius 3 is 2.36 bits per heavy atom. The Balaban J connectivity index is 1.29. The van der Waals surface area contributed by atoms with Crippen LogP contribution >= 0.6 is 23.2 Å². The van der Waals surface area contributed by atoms with Crippen LogP contribution in [-0.4, -0.2) is 60.5 Å². The normalized spacial score (nSPS) is 24.4. The molecule has 2 heterocycles. The number of piperidine rings is 1. The van der Waals surface area contributed by atoms with Crippen LogP contribution in [0.2, 0.25) is 10.0 Å². The summed E-state index contributed by atoms with van der Waals surface area (Å²) in [5.41, 5.74) is 7.26. The number of benzene rings is 2. The van der Waals surface area contributed by atoms with Gasteiger partial charge in [-0.2, -0.15) is 0 Å². The minimum atomic E-state index is -0.616. The number of halogens is 2. The maximum atomic E-state index is 13.2. The Bertz CT molecular complexity index is 1100. The zero-order valence-electron chi connectivity index (χ0n) is 20.4. The summed E-state index contributed by atoms with van der Waals surface area (Å²) >= 11 is 12.5. The lowest BCUT2D eigenvalue weighted by Gasteiger charge is -2.44. The van der Waals surface area contributed by atoms with Crippen LogP contribution in [-0.2, 0) is 19.7 Å². The van der Waals surface area contributed by atoms with Gasteiger partial charge < -0.3 is 20.3 Å². The second-order valence-electron chi connectivity index (χ2n) is 10.3. The summed E-state index contributed by atoms with van der Waals surface area (Å²) in [6.45, 7) is 3.50. The molecule has 2 saturated heterocycles. The molecule has 1 saturated carbocycles. The van der Waals surface area contributed by atoms with Crippen LogP contribution in [0.5, 0.6) is 0 Å². The highest BCUT2D eigenvalue weighted by Gasteiger charge is 2.43. The highest BCUT2D eigenvalue weighted by atomic mass is 35.5. The van der Waals surface area contributed by atoms with Gasteiger partial charge in [-0.1, -0.05) is 59.6 Å². The number of hydrogen-bond donors (Lipinski definition) is 1. The molecule has 5 rings (SSSR count). The number of likely N-dealkylation sites (tertiary alicyclic amines) is 1. The van der Waals surface area contributed by atoms with Gasteiger partial charge in [-0.25, -0.2) is 0 Å². The zero-order valence-corrected chi connectivity index (χ0v) is 21.9. The molecule has 6 nitrogen and oxygen atoms in total. The van der Waals surface area contributed by atoms with Crippen molar-refractivity contribution in [2.45, 2.75) is 49.7 Å². The van der Waals surface area contributed by atoms with Crippen molar-refractivity contribution in [2.24, 2.45) is 11.7 Å². The number of carbonyl (C=O) groups excluding carboxylic acids is 2.